The number of allylic oxidation sites excluding steroid dienone is 2. The average molecular weight is 416 g/mol. The Hall–Kier alpha value is -1.61. The molecule has 0 spiro atoms. The molecular weight excluding hydrogens is 370 g/mol. The third kappa shape index (κ3) is 15.3. The van der Waals surface area contributed by atoms with Gasteiger partial charge in [-0.2, -0.15) is 0 Å². The summed E-state index contributed by atoms with van der Waals surface area (Å²) < 4.78 is 0. The van der Waals surface area contributed by atoms with Crippen LogP contribution in [0.5, 0.6) is 0 Å². The first-order chi connectivity index (χ1) is 14.6. The fourth-order valence-electron chi connectivity index (χ4n) is 3.84. The van der Waals surface area contributed by atoms with Gasteiger partial charge in [0.25, 0.3) is 0 Å². The van der Waals surface area contributed by atoms with Crippen molar-refractivity contribution in [1.82, 2.24) is 5.06 Å². The standard InChI is InChI=1S/C27H45NO2/c1-4-5-6-7-8-9-10-11-12-13-14-16-21-26(22-23-27(29)30-28(2)3)24-25-19-17-15-18-20-25/h11-12,15,17-20,26H,4-10,13-14,16,21-24H2,1-3H3/b12-11-. The van der Waals surface area contributed by atoms with Crippen LogP contribution in [0, 0.1) is 5.92 Å². The van der Waals surface area contributed by atoms with Crippen molar-refractivity contribution >= 4 is 5.97 Å². The molecule has 3 heteroatoms. The summed E-state index contributed by atoms with van der Waals surface area (Å²) in [6, 6.07) is 10.6. The van der Waals surface area contributed by atoms with Crippen LogP contribution in [-0.4, -0.2) is 25.1 Å². The van der Waals surface area contributed by atoms with Gasteiger partial charge in [-0.3, -0.25) is 4.79 Å². The minimum absolute atomic E-state index is 0.129. The molecule has 1 rings (SSSR count). The van der Waals surface area contributed by atoms with Gasteiger partial charge in [0.2, 0.25) is 0 Å². The van der Waals surface area contributed by atoms with E-state index < -0.39 is 0 Å². The first-order valence-electron chi connectivity index (χ1n) is 12.2. The van der Waals surface area contributed by atoms with Crippen molar-refractivity contribution in [3.05, 3.63) is 48.0 Å². The van der Waals surface area contributed by atoms with E-state index in [1.807, 2.05) is 0 Å². The monoisotopic (exact) mass is 415 g/mol. The van der Waals surface area contributed by atoms with Gasteiger partial charge in [0, 0.05) is 20.5 Å². The number of benzene rings is 1. The molecule has 0 radical (unpaired) electrons. The molecule has 0 saturated carbocycles. The van der Waals surface area contributed by atoms with Gasteiger partial charge in [0.05, 0.1) is 0 Å². The molecule has 1 atom stereocenters. The third-order valence-electron chi connectivity index (χ3n) is 5.53. The predicted octanol–water partition coefficient (Wildman–Crippen LogP) is 7.51. The molecule has 0 amide bonds. The largest absolute Gasteiger partial charge is 0.369 e. The van der Waals surface area contributed by atoms with Crippen LogP contribution in [0.3, 0.4) is 0 Å². The summed E-state index contributed by atoms with van der Waals surface area (Å²) in [4.78, 5) is 17.1. The Morgan fingerprint density at radius 2 is 1.53 bits per heavy atom. The second-order valence-corrected chi connectivity index (χ2v) is 8.68. The van der Waals surface area contributed by atoms with Crippen LogP contribution >= 0.6 is 0 Å². The van der Waals surface area contributed by atoms with Gasteiger partial charge in [-0.15, -0.1) is 5.06 Å². The lowest BCUT2D eigenvalue weighted by molar-refractivity contribution is -0.178. The number of carbonyl (C=O) groups is 1. The highest BCUT2D eigenvalue weighted by atomic mass is 16.7. The molecule has 0 aliphatic heterocycles. The van der Waals surface area contributed by atoms with Gasteiger partial charge >= 0.3 is 5.97 Å². The topological polar surface area (TPSA) is 29.5 Å². The van der Waals surface area contributed by atoms with Crippen molar-refractivity contribution in [2.45, 2.75) is 96.8 Å². The van der Waals surface area contributed by atoms with Gasteiger partial charge in [-0.05, 0) is 50.0 Å². The lowest BCUT2D eigenvalue weighted by atomic mass is 9.90. The Balaban J connectivity index is 2.23. The summed E-state index contributed by atoms with van der Waals surface area (Å²) in [6.45, 7) is 2.27. The molecule has 0 aromatic heterocycles. The second-order valence-electron chi connectivity index (χ2n) is 8.68. The van der Waals surface area contributed by atoms with Gasteiger partial charge < -0.3 is 4.84 Å². The minimum atomic E-state index is -0.129. The van der Waals surface area contributed by atoms with E-state index in [4.69, 9.17) is 4.84 Å². The first-order valence-corrected chi connectivity index (χ1v) is 12.2. The molecule has 0 aliphatic rings. The van der Waals surface area contributed by atoms with Crippen molar-refractivity contribution in [3.8, 4) is 0 Å². The van der Waals surface area contributed by atoms with Crippen molar-refractivity contribution in [3.63, 3.8) is 0 Å². The Morgan fingerprint density at radius 1 is 0.900 bits per heavy atom. The fourth-order valence-corrected chi connectivity index (χ4v) is 3.84. The number of nitrogens with zero attached hydrogens (tertiary/aromatic N) is 1. The van der Waals surface area contributed by atoms with Crippen LogP contribution in [0.4, 0.5) is 0 Å². The van der Waals surface area contributed by atoms with Crippen LogP contribution in [0.1, 0.15) is 96.0 Å². The number of rotatable bonds is 18. The van der Waals surface area contributed by atoms with E-state index in [-0.39, 0.29) is 5.97 Å². The smallest absolute Gasteiger partial charge is 0.325 e. The Bertz CT molecular complexity index is 553. The molecule has 170 valence electrons. The zero-order chi connectivity index (χ0) is 21.9. The zero-order valence-electron chi connectivity index (χ0n) is 19.8. The molecule has 0 aliphatic carbocycles. The van der Waals surface area contributed by atoms with Crippen molar-refractivity contribution in [1.29, 1.82) is 0 Å². The molecule has 0 fully saturated rings. The maximum Gasteiger partial charge on any atom is 0.325 e. The molecule has 30 heavy (non-hydrogen) atoms. The highest BCUT2D eigenvalue weighted by Gasteiger charge is 2.13. The van der Waals surface area contributed by atoms with Gasteiger partial charge in [-0.25, -0.2) is 0 Å². The first kappa shape index (κ1) is 26.4. The molecule has 1 unspecified atom stereocenters. The molecule has 0 N–H and O–H groups in total. The number of hydroxylamine groups is 2. The summed E-state index contributed by atoms with van der Waals surface area (Å²) in [5.74, 6) is 0.407. The van der Waals surface area contributed by atoms with Gasteiger partial charge in [-0.1, -0.05) is 94.4 Å². The molecule has 1 aromatic carbocycles. The number of unbranched alkanes of at least 4 members (excludes halogenated alkanes) is 8. The number of carbonyl (C=O) groups excluding carboxylic acids is 1. The van der Waals surface area contributed by atoms with E-state index in [1.54, 1.807) is 14.1 Å². The van der Waals surface area contributed by atoms with E-state index in [1.165, 1.54) is 81.3 Å². The number of hydrogen-bond donors (Lipinski definition) is 0. The molecule has 0 saturated heterocycles. The molecule has 0 heterocycles. The molecule has 0 bridgehead atoms. The van der Waals surface area contributed by atoms with E-state index in [9.17, 15) is 4.79 Å². The van der Waals surface area contributed by atoms with Gasteiger partial charge in [0.1, 0.15) is 0 Å². The van der Waals surface area contributed by atoms with E-state index in [2.05, 4.69) is 49.4 Å². The summed E-state index contributed by atoms with van der Waals surface area (Å²) in [6.07, 6.45) is 21.4. The lowest BCUT2D eigenvalue weighted by Gasteiger charge is -2.17. The summed E-state index contributed by atoms with van der Waals surface area (Å²) >= 11 is 0. The van der Waals surface area contributed by atoms with Gasteiger partial charge in [0.15, 0.2) is 0 Å². The maximum absolute atomic E-state index is 11.9. The van der Waals surface area contributed by atoms with Crippen molar-refractivity contribution in [2.75, 3.05) is 14.1 Å². The van der Waals surface area contributed by atoms with E-state index >= 15 is 0 Å². The quantitative estimate of drug-likeness (QED) is 0.141. The van der Waals surface area contributed by atoms with Crippen LogP contribution < -0.4 is 0 Å². The van der Waals surface area contributed by atoms with Crippen molar-refractivity contribution in [2.24, 2.45) is 5.92 Å². The van der Waals surface area contributed by atoms with Crippen LogP contribution in [0.25, 0.3) is 0 Å². The van der Waals surface area contributed by atoms with E-state index in [0.717, 1.165) is 12.8 Å². The fraction of sp³-hybridized carbons (Fsp3) is 0.667. The van der Waals surface area contributed by atoms with Crippen LogP contribution in [0.15, 0.2) is 42.5 Å². The molecule has 1 aromatic rings. The minimum Gasteiger partial charge on any atom is -0.369 e. The summed E-state index contributed by atoms with van der Waals surface area (Å²) in [5.41, 5.74) is 1.36. The van der Waals surface area contributed by atoms with E-state index in [0.29, 0.717) is 12.3 Å². The van der Waals surface area contributed by atoms with Crippen molar-refractivity contribution < 1.29 is 9.63 Å². The summed E-state index contributed by atoms with van der Waals surface area (Å²) in [7, 11) is 3.50. The third-order valence-corrected chi connectivity index (χ3v) is 5.53. The summed E-state index contributed by atoms with van der Waals surface area (Å²) in [5, 5.41) is 1.48. The molecule has 3 nitrogen and oxygen atoms in total. The Kier molecular flexibility index (Phi) is 16.0. The van der Waals surface area contributed by atoms with Crippen LogP contribution in [-0.2, 0) is 16.1 Å². The average Bonchev–Trinajstić information content (AvgIpc) is 2.73. The second kappa shape index (κ2) is 18.2. The normalized spacial score (nSPS) is 12.5. The highest BCUT2D eigenvalue weighted by Crippen LogP contribution is 2.21. The SMILES string of the molecule is CCCCCCCC/C=C\CCCCC(CCC(=O)ON(C)C)Cc1ccccc1. The zero-order valence-corrected chi connectivity index (χ0v) is 19.8. The highest BCUT2D eigenvalue weighted by molar-refractivity contribution is 5.68. The maximum atomic E-state index is 11.9. The Morgan fingerprint density at radius 3 is 2.20 bits per heavy atom. The predicted molar refractivity (Wildman–Crippen MR) is 128 cm³/mol. The van der Waals surface area contributed by atoms with Crippen LogP contribution in [0.2, 0.25) is 0 Å². The Labute approximate surface area is 185 Å². The molecular formula is C27H45NO2. The number of hydrogen-bond acceptors (Lipinski definition) is 3. The lowest BCUT2D eigenvalue weighted by Crippen LogP contribution is -2.19.